The molecule has 0 spiro atoms. The Morgan fingerprint density at radius 1 is 1.37 bits per heavy atom. The van der Waals surface area contributed by atoms with E-state index < -0.39 is 12.0 Å². The second-order valence-electron chi connectivity index (χ2n) is 4.23. The van der Waals surface area contributed by atoms with Crippen LogP contribution >= 0.6 is 24.4 Å². The molecule has 1 heterocycles. The number of carboxylic acids is 1. The minimum Gasteiger partial charge on any atom is -0.480 e. The number of benzene rings is 1. The Morgan fingerprint density at radius 3 is 2.63 bits per heavy atom. The molecule has 0 aliphatic carbocycles. The first kappa shape index (κ1) is 14.3. The van der Waals surface area contributed by atoms with Crippen molar-refractivity contribution in [1.82, 2.24) is 4.90 Å². The highest BCUT2D eigenvalue weighted by molar-refractivity contribution is 7.99. The van der Waals surface area contributed by atoms with Crippen molar-refractivity contribution in [3.8, 4) is 0 Å². The van der Waals surface area contributed by atoms with Gasteiger partial charge in [-0.15, -0.1) is 11.8 Å². The first-order valence-corrected chi connectivity index (χ1v) is 7.64. The van der Waals surface area contributed by atoms with E-state index >= 15 is 0 Å². The smallest absolute Gasteiger partial charge is 0.327 e. The fraction of sp³-hybridized carbons (Fsp3) is 0.385. The van der Waals surface area contributed by atoms with E-state index in [0.29, 0.717) is 11.5 Å². The predicted octanol–water partition coefficient (Wildman–Crippen LogP) is 2.03. The predicted molar refractivity (Wildman–Crippen MR) is 78.4 cm³/mol. The molecule has 1 aliphatic rings. The number of aliphatic carboxylic acids is 1. The number of hydrogen-bond acceptors (Lipinski definition) is 4. The summed E-state index contributed by atoms with van der Waals surface area (Å²) < 4.78 is 0. The second kappa shape index (κ2) is 6.34. The van der Waals surface area contributed by atoms with Crippen molar-refractivity contribution in [1.29, 1.82) is 0 Å². The summed E-state index contributed by atoms with van der Waals surface area (Å²) in [4.78, 5) is 24.9. The number of thioether (sulfide) groups is 1. The third kappa shape index (κ3) is 3.06. The number of thiol groups is 1. The SMILES string of the molecule is O=C(O)[C@@H]1CS[C@H](c2ccccc2)N1C(=O)CCS. The maximum Gasteiger partial charge on any atom is 0.327 e. The lowest BCUT2D eigenvalue weighted by Crippen LogP contribution is -2.43. The Bertz CT molecular complexity index is 466. The molecule has 0 unspecified atom stereocenters. The van der Waals surface area contributed by atoms with E-state index in [0.717, 1.165) is 5.56 Å². The summed E-state index contributed by atoms with van der Waals surface area (Å²) in [6.45, 7) is 0. The van der Waals surface area contributed by atoms with Gasteiger partial charge in [0, 0.05) is 12.2 Å². The molecule has 102 valence electrons. The van der Waals surface area contributed by atoms with Gasteiger partial charge in [-0.3, -0.25) is 4.79 Å². The summed E-state index contributed by atoms with van der Waals surface area (Å²) >= 11 is 5.54. The Balaban J connectivity index is 2.28. The van der Waals surface area contributed by atoms with Gasteiger partial charge in [-0.05, 0) is 11.3 Å². The molecule has 0 aromatic heterocycles. The molecule has 1 N–H and O–H groups in total. The summed E-state index contributed by atoms with van der Waals surface area (Å²) in [7, 11) is 0. The number of carbonyl (C=O) groups is 2. The monoisotopic (exact) mass is 297 g/mol. The molecule has 2 rings (SSSR count). The van der Waals surface area contributed by atoms with Crippen LogP contribution in [0.1, 0.15) is 17.4 Å². The van der Waals surface area contributed by atoms with Crippen molar-refractivity contribution in [3.05, 3.63) is 35.9 Å². The molecule has 6 heteroatoms. The summed E-state index contributed by atoms with van der Waals surface area (Å²) in [5.74, 6) is -0.249. The summed E-state index contributed by atoms with van der Waals surface area (Å²) in [6, 6.07) is 8.78. The number of amides is 1. The van der Waals surface area contributed by atoms with Crippen LogP contribution in [0.15, 0.2) is 30.3 Å². The van der Waals surface area contributed by atoms with Crippen LogP contribution in [0.25, 0.3) is 0 Å². The van der Waals surface area contributed by atoms with Crippen LogP contribution in [-0.2, 0) is 9.59 Å². The molecular formula is C13H15NO3S2. The number of rotatable bonds is 4. The highest BCUT2D eigenvalue weighted by Gasteiger charge is 2.41. The molecule has 1 fully saturated rings. The lowest BCUT2D eigenvalue weighted by Gasteiger charge is -2.27. The van der Waals surface area contributed by atoms with E-state index in [1.54, 1.807) is 0 Å². The van der Waals surface area contributed by atoms with Gasteiger partial charge in [-0.2, -0.15) is 12.6 Å². The largest absolute Gasteiger partial charge is 0.480 e. The Kier molecular flexibility index (Phi) is 4.76. The molecule has 0 saturated carbocycles. The van der Waals surface area contributed by atoms with Gasteiger partial charge in [0.1, 0.15) is 11.4 Å². The summed E-state index contributed by atoms with van der Waals surface area (Å²) in [5.41, 5.74) is 0.962. The van der Waals surface area contributed by atoms with Crippen molar-refractivity contribution in [2.45, 2.75) is 17.8 Å². The molecule has 4 nitrogen and oxygen atoms in total. The maximum absolute atomic E-state index is 12.1. The Morgan fingerprint density at radius 2 is 2.05 bits per heavy atom. The standard InChI is InChI=1S/C13H15NO3S2/c15-11(6-7-18)14-10(13(16)17)8-19-12(14)9-4-2-1-3-5-9/h1-5,10,12,18H,6-8H2,(H,16,17)/t10-,12+/m0/s1. The van der Waals surface area contributed by atoms with Crippen LogP contribution in [0.3, 0.4) is 0 Å². The molecule has 2 atom stereocenters. The molecule has 1 saturated heterocycles. The first-order chi connectivity index (χ1) is 9.15. The zero-order chi connectivity index (χ0) is 13.8. The molecule has 1 aromatic rings. The van der Waals surface area contributed by atoms with Gasteiger partial charge in [-0.1, -0.05) is 30.3 Å². The van der Waals surface area contributed by atoms with E-state index in [1.807, 2.05) is 30.3 Å². The average molecular weight is 297 g/mol. The van der Waals surface area contributed by atoms with E-state index in [1.165, 1.54) is 16.7 Å². The Labute approximate surface area is 121 Å². The van der Waals surface area contributed by atoms with Crippen molar-refractivity contribution < 1.29 is 14.7 Å². The van der Waals surface area contributed by atoms with Crippen LogP contribution in [0, 0.1) is 0 Å². The topological polar surface area (TPSA) is 57.6 Å². The van der Waals surface area contributed by atoms with Crippen LogP contribution < -0.4 is 0 Å². The molecule has 0 bridgehead atoms. The minimum absolute atomic E-state index is 0.152. The van der Waals surface area contributed by atoms with Crippen LogP contribution in [0.5, 0.6) is 0 Å². The van der Waals surface area contributed by atoms with E-state index in [9.17, 15) is 14.7 Å². The van der Waals surface area contributed by atoms with Crippen LogP contribution in [0.4, 0.5) is 0 Å². The zero-order valence-corrected chi connectivity index (χ0v) is 11.9. The number of hydrogen-bond donors (Lipinski definition) is 2. The average Bonchev–Trinajstić information content (AvgIpc) is 2.85. The molecule has 0 radical (unpaired) electrons. The highest BCUT2D eigenvalue weighted by Crippen LogP contribution is 2.41. The van der Waals surface area contributed by atoms with Crippen molar-refractivity contribution in [2.75, 3.05) is 11.5 Å². The second-order valence-corrected chi connectivity index (χ2v) is 5.79. The van der Waals surface area contributed by atoms with Crippen molar-refractivity contribution in [3.63, 3.8) is 0 Å². The van der Waals surface area contributed by atoms with E-state index in [2.05, 4.69) is 12.6 Å². The third-order valence-corrected chi connectivity index (χ3v) is 4.53. The molecular weight excluding hydrogens is 282 g/mol. The van der Waals surface area contributed by atoms with Gasteiger partial charge in [-0.25, -0.2) is 4.79 Å². The van der Waals surface area contributed by atoms with Gasteiger partial charge in [0.25, 0.3) is 0 Å². The van der Waals surface area contributed by atoms with Gasteiger partial charge in [0.2, 0.25) is 5.91 Å². The lowest BCUT2D eigenvalue weighted by molar-refractivity contribution is -0.149. The highest BCUT2D eigenvalue weighted by atomic mass is 32.2. The molecule has 19 heavy (non-hydrogen) atoms. The normalized spacial score (nSPS) is 22.5. The Hall–Kier alpha value is -1.14. The lowest BCUT2D eigenvalue weighted by atomic mass is 10.1. The van der Waals surface area contributed by atoms with Crippen LogP contribution in [0.2, 0.25) is 0 Å². The summed E-state index contributed by atoms with van der Waals surface area (Å²) in [6.07, 6.45) is 0.261. The van der Waals surface area contributed by atoms with Gasteiger partial charge in [0.05, 0.1) is 0 Å². The zero-order valence-electron chi connectivity index (χ0n) is 10.2. The molecule has 1 aliphatic heterocycles. The van der Waals surface area contributed by atoms with Crippen molar-refractivity contribution in [2.24, 2.45) is 0 Å². The van der Waals surface area contributed by atoms with Crippen LogP contribution in [-0.4, -0.2) is 39.4 Å². The van der Waals surface area contributed by atoms with Crippen molar-refractivity contribution >= 4 is 36.3 Å². The number of carbonyl (C=O) groups excluding carboxylic acids is 1. The van der Waals surface area contributed by atoms with E-state index in [-0.39, 0.29) is 17.7 Å². The minimum atomic E-state index is -0.946. The third-order valence-electron chi connectivity index (χ3n) is 2.98. The molecule has 1 amide bonds. The fourth-order valence-corrected chi connectivity index (χ4v) is 3.73. The fourth-order valence-electron chi connectivity index (χ4n) is 2.10. The number of carboxylic acid groups (broad SMARTS) is 1. The van der Waals surface area contributed by atoms with Gasteiger partial charge < -0.3 is 10.0 Å². The summed E-state index contributed by atoms with van der Waals surface area (Å²) in [5, 5.41) is 9.03. The first-order valence-electron chi connectivity index (χ1n) is 5.96. The number of nitrogens with zero attached hydrogens (tertiary/aromatic N) is 1. The van der Waals surface area contributed by atoms with Gasteiger partial charge >= 0.3 is 5.97 Å². The molecule has 1 aromatic carbocycles. The van der Waals surface area contributed by atoms with E-state index in [4.69, 9.17) is 0 Å². The maximum atomic E-state index is 12.1. The quantitative estimate of drug-likeness (QED) is 0.835. The van der Waals surface area contributed by atoms with Gasteiger partial charge in [0.15, 0.2) is 0 Å².